The highest BCUT2D eigenvalue weighted by atomic mass is 35.5. The normalized spacial score (nSPS) is 24.8. The second kappa shape index (κ2) is 8.61. The fraction of sp³-hybridized carbons (Fsp3) is 0.207. The van der Waals surface area contributed by atoms with Crippen molar-refractivity contribution in [2.24, 2.45) is 11.8 Å². The molecule has 2 saturated heterocycles. The van der Waals surface area contributed by atoms with E-state index in [0.29, 0.717) is 35.4 Å². The fourth-order valence-electron chi connectivity index (χ4n) is 6.13. The number of rotatable bonds is 3. The molecule has 0 aliphatic carbocycles. The van der Waals surface area contributed by atoms with Gasteiger partial charge in [-0.05, 0) is 47.5 Å². The Kier molecular flexibility index (Phi) is 5.29. The minimum Gasteiger partial charge on any atom is -0.486 e. The molecule has 0 radical (unpaired) electrons. The van der Waals surface area contributed by atoms with Gasteiger partial charge >= 0.3 is 0 Å². The minimum absolute atomic E-state index is 0.198. The number of nitrogens with zero attached hydrogens (tertiary/aromatic N) is 2. The van der Waals surface area contributed by atoms with E-state index in [4.69, 9.17) is 32.7 Å². The molecule has 4 aliphatic heterocycles. The zero-order chi connectivity index (χ0) is 26.1. The highest BCUT2D eigenvalue weighted by Crippen LogP contribution is 2.54. The monoisotopic (exact) mass is 546 g/mol. The molecule has 0 unspecified atom stereocenters. The van der Waals surface area contributed by atoms with E-state index < -0.39 is 29.8 Å². The Balaban J connectivity index is 1.36. The summed E-state index contributed by atoms with van der Waals surface area (Å²) in [5.41, 5.74) is 2.49. The molecule has 190 valence electrons. The van der Waals surface area contributed by atoms with E-state index in [-0.39, 0.29) is 22.3 Å². The number of Topliss-reactive ketones (excluding diaryl/α,β-unsaturated/α-hetero) is 1. The Morgan fingerprint density at radius 3 is 2.45 bits per heavy atom. The topological polar surface area (TPSA) is 76.1 Å². The van der Waals surface area contributed by atoms with Crippen molar-refractivity contribution in [3.8, 4) is 11.5 Å². The van der Waals surface area contributed by atoms with Crippen LogP contribution >= 0.6 is 23.2 Å². The van der Waals surface area contributed by atoms with Crippen LogP contribution in [0, 0.1) is 11.8 Å². The SMILES string of the molecule is O=C(c1ccc(Cl)cc1Cl)[C@@H]1[C@@H]2C(=O)N(c3ccc4c(c3)OCCO4)C(=O)[C@H]2[C@@H]2c3ccccc3C=CN12. The van der Waals surface area contributed by atoms with Crippen molar-refractivity contribution in [1.82, 2.24) is 4.90 Å². The van der Waals surface area contributed by atoms with E-state index in [0.717, 1.165) is 11.1 Å². The first-order valence-corrected chi connectivity index (χ1v) is 13.0. The maximum absolute atomic E-state index is 14.1. The summed E-state index contributed by atoms with van der Waals surface area (Å²) in [7, 11) is 0. The third kappa shape index (κ3) is 3.32. The van der Waals surface area contributed by atoms with Crippen LogP contribution in [0.15, 0.2) is 66.9 Å². The Labute approximate surface area is 228 Å². The lowest BCUT2D eigenvalue weighted by Crippen LogP contribution is -2.44. The Bertz CT molecular complexity index is 1570. The summed E-state index contributed by atoms with van der Waals surface area (Å²) in [5.74, 6) is -1.76. The summed E-state index contributed by atoms with van der Waals surface area (Å²) in [4.78, 5) is 45.2. The van der Waals surface area contributed by atoms with Gasteiger partial charge in [0.2, 0.25) is 11.8 Å². The number of hydrogen-bond donors (Lipinski definition) is 0. The van der Waals surface area contributed by atoms with Gasteiger partial charge in [-0.1, -0.05) is 47.5 Å². The maximum atomic E-state index is 14.1. The van der Waals surface area contributed by atoms with Crippen molar-refractivity contribution in [3.05, 3.63) is 93.6 Å². The van der Waals surface area contributed by atoms with Crippen LogP contribution < -0.4 is 14.4 Å². The van der Waals surface area contributed by atoms with Crippen LogP contribution in [0.25, 0.3) is 6.08 Å². The van der Waals surface area contributed by atoms with Crippen molar-refractivity contribution in [2.75, 3.05) is 18.1 Å². The van der Waals surface area contributed by atoms with Gasteiger partial charge in [-0.15, -0.1) is 0 Å². The molecule has 0 spiro atoms. The van der Waals surface area contributed by atoms with Gasteiger partial charge in [-0.2, -0.15) is 0 Å². The standard InChI is InChI=1S/C29H20Cl2N2O5/c30-16-5-7-19(20(31)13-16)27(34)26-24-23(25-18-4-2-1-3-15(18)9-10-32(25)26)28(35)33(29(24)36)17-6-8-21-22(14-17)38-12-11-37-21/h1-10,13-14,23-26H,11-12H2/t23-,24-,25+,26+/m1/s1. The van der Waals surface area contributed by atoms with Crippen LogP contribution in [0.5, 0.6) is 11.5 Å². The summed E-state index contributed by atoms with van der Waals surface area (Å²) < 4.78 is 11.3. The Hall–Kier alpha value is -3.81. The molecule has 3 aromatic rings. The Morgan fingerprint density at radius 2 is 1.63 bits per heavy atom. The zero-order valence-corrected chi connectivity index (χ0v) is 21.4. The molecule has 2 fully saturated rings. The molecule has 3 aromatic carbocycles. The first kappa shape index (κ1) is 23.3. The van der Waals surface area contributed by atoms with Crippen LogP contribution in [0.2, 0.25) is 10.0 Å². The van der Waals surface area contributed by atoms with Gasteiger partial charge in [0.05, 0.1) is 28.6 Å². The molecule has 4 aliphatic rings. The molecule has 9 heteroatoms. The van der Waals surface area contributed by atoms with Crippen LogP contribution in [-0.4, -0.2) is 41.8 Å². The lowest BCUT2D eigenvalue weighted by Gasteiger charge is -2.35. The molecule has 4 atom stereocenters. The molecule has 38 heavy (non-hydrogen) atoms. The Morgan fingerprint density at radius 1 is 0.868 bits per heavy atom. The zero-order valence-electron chi connectivity index (χ0n) is 19.8. The number of carbonyl (C=O) groups is 3. The van der Waals surface area contributed by atoms with Gasteiger partial charge in [0, 0.05) is 22.9 Å². The average Bonchev–Trinajstić information content (AvgIpc) is 3.40. The van der Waals surface area contributed by atoms with Crippen LogP contribution in [0.3, 0.4) is 0 Å². The molecule has 0 saturated carbocycles. The number of imide groups is 1. The van der Waals surface area contributed by atoms with E-state index in [1.165, 1.54) is 11.0 Å². The number of amides is 2. The number of ether oxygens (including phenoxy) is 2. The van der Waals surface area contributed by atoms with Crippen molar-refractivity contribution in [1.29, 1.82) is 0 Å². The van der Waals surface area contributed by atoms with Gasteiger partial charge in [0.15, 0.2) is 17.3 Å². The maximum Gasteiger partial charge on any atom is 0.240 e. The molecular weight excluding hydrogens is 527 g/mol. The molecule has 7 nitrogen and oxygen atoms in total. The highest BCUT2D eigenvalue weighted by molar-refractivity contribution is 6.37. The van der Waals surface area contributed by atoms with Crippen molar-refractivity contribution < 1.29 is 23.9 Å². The predicted octanol–water partition coefficient (Wildman–Crippen LogP) is 5.16. The smallest absolute Gasteiger partial charge is 0.240 e. The summed E-state index contributed by atoms with van der Waals surface area (Å²) in [6.45, 7) is 0.807. The van der Waals surface area contributed by atoms with Gasteiger partial charge in [-0.25, -0.2) is 4.90 Å². The quantitative estimate of drug-likeness (QED) is 0.333. The third-order valence-corrected chi connectivity index (χ3v) is 8.26. The lowest BCUT2D eigenvalue weighted by molar-refractivity contribution is -0.123. The van der Waals surface area contributed by atoms with Crippen molar-refractivity contribution >= 4 is 52.6 Å². The van der Waals surface area contributed by atoms with Crippen molar-refractivity contribution in [3.63, 3.8) is 0 Å². The summed E-state index contributed by atoms with van der Waals surface area (Å²) in [5, 5.41) is 0.599. The second-order valence-electron chi connectivity index (χ2n) is 9.66. The molecule has 0 aromatic heterocycles. The van der Waals surface area contributed by atoms with Crippen molar-refractivity contribution in [2.45, 2.75) is 12.1 Å². The van der Waals surface area contributed by atoms with Crippen LogP contribution in [0.4, 0.5) is 5.69 Å². The van der Waals surface area contributed by atoms with Gasteiger partial charge < -0.3 is 14.4 Å². The predicted molar refractivity (Wildman–Crippen MR) is 142 cm³/mol. The van der Waals surface area contributed by atoms with E-state index in [1.807, 2.05) is 41.4 Å². The van der Waals surface area contributed by atoms with Gasteiger partial charge in [0.1, 0.15) is 19.3 Å². The van der Waals surface area contributed by atoms with E-state index >= 15 is 0 Å². The van der Waals surface area contributed by atoms with E-state index in [2.05, 4.69) is 0 Å². The minimum atomic E-state index is -0.924. The molecule has 4 heterocycles. The number of fused-ring (bicyclic) bond motifs is 6. The molecule has 2 amide bonds. The summed E-state index contributed by atoms with van der Waals surface area (Å²) in [6, 6.07) is 16.0. The number of anilines is 1. The molecular formula is C29H20Cl2N2O5. The first-order valence-electron chi connectivity index (χ1n) is 12.3. The highest BCUT2D eigenvalue weighted by Gasteiger charge is 2.64. The largest absolute Gasteiger partial charge is 0.486 e. The van der Waals surface area contributed by atoms with Crippen LogP contribution in [-0.2, 0) is 9.59 Å². The first-order chi connectivity index (χ1) is 18.4. The van der Waals surface area contributed by atoms with E-state index in [1.54, 1.807) is 30.3 Å². The summed E-state index contributed by atoms with van der Waals surface area (Å²) in [6.07, 6.45) is 3.72. The van der Waals surface area contributed by atoms with E-state index in [9.17, 15) is 14.4 Å². The molecule has 0 bridgehead atoms. The third-order valence-electron chi connectivity index (χ3n) is 7.71. The number of halogens is 2. The van der Waals surface area contributed by atoms with Gasteiger partial charge in [-0.3, -0.25) is 14.4 Å². The van der Waals surface area contributed by atoms with Crippen LogP contribution in [0.1, 0.15) is 27.5 Å². The van der Waals surface area contributed by atoms with Gasteiger partial charge in [0.25, 0.3) is 0 Å². The lowest BCUT2D eigenvalue weighted by atomic mass is 9.83. The number of carbonyl (C=O) groups excluding carboxylic acids is 3. The molecule has 7 rings (SSSR count). The number of ketones is 1. The summed E-state index contributed by atoms with van der Waals surface area (Å²) >= 11 is 12.5. The number of hydrogen-bond acceptors (Lipinski definition) is 6. The molecule has 0 N–H and O–H groups in total. The second-order valence-corrected chi connectivity index (χ2v) is 10.5. The fourth-order valence-corrected chi connectivity index (χ4v) is 6.63. The number of benzene rings is 3. The average molecular weight is 547 g/mol.